The number of aliphatic hydroxyl groups is 1. The molecular weight excluding hydrogens is 303 g/mol. The molecule has 0 aliphatic carbocycles. The summed E-state index contributed by atoms with van der Waals surface area (Å²) in [6.07, 6.45) is 4.49. The molecule has 0 amide bonds. The van der Waals surface area contributed by atoms with Crippen LogP contribution in [-0.4, -0.2) is 11.7 Å². The lowest BCUT2D eigenvalue weighted by Gasteiger charge is -2.13. The monoisotopic (exact) mass is 330 g/mol. The van der Waals surface area contributed by atoms with Crippen molar-refractivity contribution in [3.05, 3.63) is 65.0 Å². The molecule has 2 aromatic rings. The molecule has 0 radical (unpaired) electrons. The van der Waals surface area contributed by atoms with Crippen molar-refractivity contribution in [2.24, 2.45) is 0 Å². The van der Waals surface area contributed by atoms with Crippen molar-refractivity contribution in [3.63, 3.8) is 0 Å². The van der Waals surface area contributed by atoms with Crippen LogP contribution >= 0.6 is 0 Å². The molecule has 0 spiro atoms. The first kappa shape index (κ1) is 18.5. The number of unbranched alkanes of at least 4 members (excludes halogenated alkanes) is 2. The van der Waals surface area contributed by atoms with E-state index in [0.29, 0.717) is 13.0 Å². The SMILES string of the molecule is CCCCCc1ccc(C(O)Cc2ccc(OCC)c(F)c2)cc1. The number of aryl methyl sites for hydroxylation is 1. The quantitative estimate of drug-likeness (QED) is 0.638. The highest BCUT2D eigenvalue weighted by molar-refractivity contribution is 5.31. The predicted octanol–water partition coefficient (Wildman–Crippen LogP) is 5.23. The number of hydrogen-bond acceptors (Lipinski definition) is 2. The van der Waals surface area contributed by atoms with Crippen LogP contribution in [0.4, 0.5) is 4.39 Å². The van der Waals surface area contributed by atoms with E-state index in [1.165, 1.54) is 30.9 Å². The summed E-state index contributed by atoms with van der Waals surface area (Å²) in [5.41, 5.74) is 2.92. The number of benzene rings is 2. The molecule has 0 aliphatic rings. The molecule has 0 heterocycles. The van der Waals surface area contributed by atoms with Crippen molar-refractivity contribution in [3.8, 4) is 5.75 Å². The van der Waals surface area contributed by atoms with E-state index in [0.717, 1.165) is 17.5 Å². The van der Waals surface area contributed by atoms with Crippen molar-refractivity contribution < 1.29 is 14.2 Å². The topological polar surface area (TPSA) is 29.5 Å². The summed E-state index contributed by atoms with van der Waals surface area (Å²) in [7, 11) is 0. The Balaban J connectivity index is 1.96. The van der Waals surface area contributed by atoms with Gasteiger partial charge < -0.3 is 9.84 Å². The van der Waals surface area contributed by atoms with Crippen LogP contribution in [0.5, 0.6) is 5.75 Å². The van der Waals surface area contributed by atoms with E-state index in [4.69, 9.17) is 4.74 Å². The van der Waals surface area contributed by atoms with Crippen LogP contribution in [0.1, 0.15) is 55.9 Å². The van der Waals surface area contributed by atoms with Gasteiger partial charge in [0.05, 0.1) is 12.7 Å². The molecule has 0 fully saturated rings. The highest BCUT2D eigenvalue weighted by atomic mass is 19.1. The average Bonchev–Trinajstić information content (AvgIpc) is 2.58. The number of aliphatic hydroxyl groups excluding tert-OH is 1. The first-order valence-electron chi connectivity index (χ1n) is 8.82. The van der Waals surface area contributed by atoms with Crippen LogP contribution in [-0.2, 0) is 12.8 Å². The zero-order valence-electron chi connectivity index (χ0n) is 14.6. The Labute approximate surface area is 144 Å². The maximum absolute atomic E-state index is 13.9. The predicted molar refractivity (Wildman–Crippen MR) is 95.9 cm³/mol. The standard InChI is InChI=1S/C21H27FO2/c1-3-5-6-7-16-8-11-18(12-9-16)20(23)15-17-10-13-21(24-4-2)19(22)14-17/h8-14,20,23H,3-7,15H2,1-2H3. The summed E-state index contributed by atoms with van der Waals surface area (Å²) < 4.78 is 19.1. The lowest BCUT2D eigenvalue weighted by atomic mass is 9.99. The molecule has 24 heavy (non-hydrogen) atoms. The van der Waals surface area contributed by atoms with Gasteiger partial charge >= 0.3 is 0 Å². The smallest absolute Gasteiger partial charge is 0.165 e. The van der Waals surface area contributed by atoms with Gasteiger partial charge in [-0.3, -0.25) is 0 Å². The molecule has 1 unspecified atom stereocenters. The number of ether oxygens (including phenoxy) is 1. The van der Waals surface area contributed by atoms with Crippen LogP contribution in [0.25, 0.3) is 0 Å². The van der Waals surface area contributed by atoms with Crippen LogP contribution < -0.4 is 4.74 Å². The fourth-order valence-corrected chi connectivity index (χ4v) is 2.77. The van der Waals surface area contributed by atoms with E-state index >= 15 is 0 Å². The van der Waals surface area contributed by atoms with E-state index in [1.54, 1.807) is 12.1 Å². The third-order valence-electron chi connectivity index (χ3n) is 4.16. The fourth-order valence-electron chi connectivity index (χ4n) is 2.77. The van der Waals surface area contributed by atoms with Crippen molar-refractivity contribution in [1.82, 2.24) is 0 Å². The van der Waals surface area contributed by atoms with Crippen LogP contribution in [0.3, 0.4) is 0 Å². The van der Waals surface area contributed by atoms with E-state index in [2.05, 4.69) is 19.1 Å². The summed E-state index contributed by atoms with van der Waals surface area (Å²) in [6.45, 7) is 4.45. The molecular formula is C21H27FO2. The minimum absolute atomic E-state index is 0.257. The zero-order valence-corrected chi connectivity index (χ0v) is 14.6. The van der Waals surface area contributed by atoms with Gasteiger partial charge in [-0.1, -0.05) is 50.1 Å². The van der Waals surface area contributed by atoms with Crippen LogP contribution in [0.2, 0.25) is 0 Å². The first-order valence-corrected chi connectivity index (χ1v) is 8.82. The Kier molecular flexibility index (Phi) is 7.26. The molecule has 0 saturated carbocycles. The van der Waals surface area contributed by atoms with Crippen molar-refractivity contribution in [1.29, 1.82) is 0 Å². The summed E-state index contributed by atoms with van der Waals surface area (Å²) in [5, 5.41) is 10.4. The maximum Gasteiger partial charge on any atom is 0.165 e. The molecule has 2 nitrogen and oxygen atoms in total. The maximum atomic E-state index is 13.9. The summed E-state index contributed by atoms with van der Waals surface area (Å²) in [6, 6.07) is 13.0. The Morgan fingerprint density at radius 2 is 1.71 bits per heavy atom. The Morgan fingerprint density at radius 1 is 1.00 bits per heavy atom. The van der Waals surface area contributed by atoms with Gasteiger partial charge in [0, 0.05) is 6.42 Å². The molecule has 0 aromatic heterocycles. The molecule has 3 heteroatoms. The van der Waals surface area contributed by atoms with Crippen molar-refractivity contribution in [2.75, 3.05) is 6.61 Å². The minimum atomic E-state index is -0.632. The zero-order chi connectivity index (χ0) is 17.4. The Bertz CT molecular complexity index is 622. The highest BCUT2D eigenvalue weighted by Crippen LogP contribution is 2.23. The lowest BCUT2D eigenvalue weighted by Crippen LogP contribution is -2.03. The van der Waals surface area contributed by atoms with Gasteiger partial charge in [-0.05, 0) is 48.6 Å². The van der Waals surface area contributed by atoms with Gasteiger partial charge in [0.2, 0.25) is 0 Å². The second-order valence-electron chi connectivity index (χ2n) is 6.12. The molecule has 1 atom stereocenters. The number of hydrogen-bond donors (Lipinski definition) is 1. The fraction of sp³-hybridized carbons (Fsp3) is 0.429. The van der Waals surface area contributed by atoms with Crippen molar-refractivity contribution in [2.45, 2.75) is 52.1 Å². The summed E-state index contributed by atoms with van der Waals surface area (Å²) in [5.74, 6) is -0.125. The normalized spacial score (nSPS) is 12.2. The third kappa shape index (κ3) is 5.34. The molecule has 1 N–H and O–H groups in total. The Hall–Kier alpha value is -1.87. The largest absolute Gasteiger partial charge is 0.491 e. The summed E-state index contributed by atoms with van der Waals surface area (Å²) >= 11 is 0. The van der Waals surface area contributed by atoms with Crippen LogP contribution in [0.15, 0.2) is 42.5 Å². The molecule has 0 saturated heterocycles. The molecule has 2 rings (SSSR count). The van der Waals surface area contributed by atoms with Gasteiger partial charge in [0.15, 0.2) is 11.6 Å². The second kappa shape index (κ2) is 9.43. The van der Waals surface area contributed by atoms with Gasteiger partial charge in [-0.25, -0.2) is 4.39 Å². The van der Waals surface area contributed by atoms with Gasteiger partial charge in [-0.2, -0.15) is 0 Å². The molecule has 130 valence electrons. The average molecular weight is 330 g/mol. The molecule has 0 bridgehead atoms. The van der Waals surface area contributed by atoms with Crippen molar-refractivity contribution >= 4 is 0 Å². The molecule has 2 aromatic carbocycles. The number of halogens is 1. The minimum Gasteiger partial charge on any atom is -0.491 e. The highest BCUT2D eigenvalue weighted by Gasteiger charge is 2.11. The summed E-state index contributed by atoms with van der Waals surface area (Å²) in [4.78, 5) is 0. The first-order chi connectivity index (χ1) is 11.6. The number of rotatable bonds is 9. The van der Waals surface area contributed by atoms with Crippen LogP contribution in [0, 0.1) is 5.82 Å². The van der Waals surface area contributed by atoms with E-state index < -0.39 is 6.10 Å². The van der Waals surface area contributed by atoms with Gasteiger partial charge in [0.25, 0.3) is 0 Å². The lowest BCUT2D eigenvalue weighted by molar-refractivity contribution is 0.178. The second-order valence-corrected chi connectivity index (χ2v) is 6.12. The third-order valence-corrected chi connectivity index (χ3v) is 4.16. The van der Waals surface area contributed by atoms with Gasteiger partial charge in [0.1, 0.15) is 0 Å². The van der Waals surface area contributed by atoms with Gasteiger partial charge in [-0.15, -0.1) is 0 Å². The Morgan fingerprint density at radius 3 is 2.33 bits per heavy atom. The van der Waals surface area contributed by atoms with E-state index in [1.807, 2.05) is 19.1 Å². The van der Waals surface area contributed by atoms with E-state index in [-0.39, 0.29) is 11.6 Å². The molecule has 0 aliphatic heterocycles. The van der Waals surface area contributed by atoms with E-state index in [9.17, 15) is 9.50 Å².